The number of hydrogen-bond donors (Lipinski definition) is 1. The van der Waals surface area contributed by atoms with Crippen molar-refractivity contribution in [3.63, 3.8) is 0 Å². The van der Waals surface area contributed by atoms with Crippen molar-refractivity contribution in [2.45, 2.75) is 12.5 Å². The molecule has 2 saturated heterocycles. The quantitative estimate of drug-likeness (QED) is 0.927. The lowest BCUT2D eigenvalue weighted by Crippen LogP contribution is -2.43. The van der Waals surface area contributed by atoms with E-state index in [1.54, 1.807) is 36.4 Å². The lowest BCUT2D eigenvalue weighted by atomic mass is 9.99. The van der Waals surface area contributed by atoms with Crippen molar-refractivity contribution in [3.05, 3.63) is 53.2 Å². The molecule has 0 spiro atoms. The summed E-state index contributed by atoms with van der Waals surface area (Å²) in [6.07, 6.45) is 2.72. The fraction of sp³-hybridized carbons (Fsp3) is 0.333. The molecule has 0 aliphatic carbocycles. The van der Waals surface area contributed by atoms with Crippen molar-refractivity contribution in [1.82, 2.24) is 15.2 Å². The van der Waals surface area contributed by atoms with E-state index in [1.807, 2.05) is 0 Å². The second-order valence-corrected chi connectivity index (χ2v) is 6.77. The Labute approximate surface area is 145 Å². The third kappa shape index (κ3) is 3.23. The maximum atomic E-state index is 12.4. The molecule has 1 aromatic carbocycles. The molecule has 3 atom stereocenters. The molecule has 4 rings (SSSR count). The van der Waals surface area contributed by atoms with Crippen LogP contribution in [0.3, 0.4) is 0 Å². The van der Waals surface area contributed by atoms with Gasteiger partial charge < -0.3 is 15.0 Å². The average Bonchev–Trinajstić information content (AvgIpc) is 3.20. The van der Waals surface area contributed by atoms with Crippen molar-refractivity contribution >= 4 is 17.5 Å². The maximum absolute atomic E-state index is 12.4. The van der Waals surface area contributed by atoms with Crippen molar-refractivity contribution in [2.24, 2.45) is 5.92 Å². The summed E-state index contributed by atoms with van der Waals surface area (Å²) >= 11 is 5.80. The molecule has 3 heterocycles. The molecule has 1 N–H and O–H groups in total. The van der Waals surface area contributed by atoms with Gasteiger partial charge in [-0.15, -0.1) is 0 Å². The number of halogens is 1. The van der Waals surface area contributed by atoms with Crippen LogP contribution >= 0.6 is 11.6 Å². The maximum Gasteiger partial charge on any atom is 0.251 e. The van der Waals surface area contributed by atoms with Gasteiger partial charge in [-0.1, -0.05) is 11.6 Å². The fourth-order valence-electron chi connectivity index (χ4n) is 3.42. The Morgan fingerprint density at radius 1 is 1.21 bits per heavy atom. The number of carbonyl (C=O) groups excluding carboxylic acids is 1. The van der Waals surface area contributed by atoms with Gasteiger partial charge in [-0.2, -0.15) is 0 Å². The minimum absolute atomic E-state index is 0.0232. The highest BCUT2D eigenvalue weighted by molar-refractivity contribution is 6.30. The predicted octanol–water partition coefficient (Wildman–Crippen LogP) is 2.96. The summed E-state index contributed by atoms with van der Waals surface area (Å²) in [7, 11) is 0. The summed E-state index contributed by atoms with van der Waals surface area (Å²) in [6, 6.07) is 10.8. The number of fused-ring (bicyclic) bond motifs is 2. The van der Waals surface area contributed by atoms with Gasteiger partial charge in [0.15, 0.2) is 0 Å². The Morgan fingerprint density at radius 3 is 2.67 bits per heavy atom. The summed E-state index contributed by atoms with van der Waals surface area (Å²) < 4.78 is 5.63. The van der Waals surface area contributed by atoms with Gasteiger partial charge in [0.2, 0.25) is 5.88 Å². The van der Waals surface area contributed by atoms with E-state index in [9.17, 15) is 4.79 Å². The van der Waals surface area contributed by atoms with E-state index in [2.05, 4.69) is 15.2 Å². The minimum atomic E-state index is -0.0232. The fourth-order valence-corrected chi connectivity index (χ4v) is 3.53. The van der Waals surface area contributed by atoms with Gasteiger partial charge in [-0.05, 0) is 49.2 Å². The Balaban J connectivity index is 1.38. The van der Waals surface area contributed by atoms with Crippen LogP contribution in [-0.4, -0.2) is 41.5 Å². The summed E-state index contributed by atoms with van der Waals surface area (Å²) in [4.78, 5) is 18.9. The van der Waals surface area contributed by atoms with Gasteiger partial charge in [0.1, 0.15) is 5.75 Å². The molecule has 2 fully saturated rings. The first-order valence-corrected chi connectivity index (χ1v) is 8.48. The first-order chi connectivity index (χ1) is 11.7. The molecule has 6 heteroatoms. The van der Waals surface area contributed by atoms with Crippen LogP contribution in [0.25, 0.3) is 0 Å². The molecule has 0 saturated carbocycles. The molecule has 1 aromatic heterocycles. The monoisotopic (exact) mass is 343 g/mol. The zero-order valence-corrected chi connectivity index (χ0v) is 13.9. The lowest BCUT2D eigenvalue weighted by molar-refractivity contribution is 0.0924. The molecule has 2 aromatic rings. The topological polar surface area (TPSA) is 54.5 Å². The van der Waals surface area contributed by atoms with Gasteiger partial charge >= 0.3 is 0 Å². The van der Waals surface area contributed by atoms with Crippen LogP contribution in [0.4, 0.5) is 0 Å². The number of amides is 1. The minimum Gasteiger partial charge on any atom is -0.439 e. The third-order valence-electron chi connectivity index (χ3n) is 4.69. The van der Waals surface area contributed by atoms with Crippen molar-refractivity contribution < 1.29 is 9.53 Å². The van der Waals surface area contributed by atoms with Crippen molar-refractivity contribution in [3.8, 4) is 11.6 Å². The van der Waals surface area contributed by atoms with E-state index in [0.717, 1.165) is 13.1 Å². The SMILES string of the molecule is O=C(NC1CN2CC[C@H]1C2)c1ccc(Oc2ccc(Cl)cn2)cc1. The molecule has 2 aliphatic rings. The zero-order valence-electron chi connectivity index (χ0n) is 13.1. The van der Waals surface area contributed by atoms with Crippen molar-refractivity contribution in [1.29, 1.82) is 0 Å². The van der Waals surface area contributed by atoms with Crippen molar-refractivity contribution in [2.75, 3.05) is 19.6 Å². The summed E-state index contributed by atoms with van der Waals surface area (Å²) in [6.45, 7) is 3.26. The average molecular weight is 344 g/mol. The second-order valence-electron chi connectivity index (χ2n) is 6.33. The molecule has 2 aliphatic heterocycles. The normalized spacial score (nSPS) is 24.8. The third-order valence-corrected chi connectivity index (χ3v) is 4.91. The highest BCUT2D eigenvalue weighted by Crippen LogP contribution is 2.28. The summed E-state index contributed by atoms with van der Waals surface area (Å²) in [5, 5.41) is 3.71. The molecule has 124 valence electrons. The number of benzene rings is 1. The van der Waals surface area contributed by atoms with E-state index < -0.39 is 0 Å². The number of pyridine rings is 1. The van der Waals surface area contributed by atoms with Gasteiger partial charge in [0, 0.05) is 37.0 Å². The van der Waals surface area contributed by atoms with Crippen LogP contribution < -0.4 is 10.1 Å². The number of hydrogen-bond acceptors (Lipinski definition) is 4. The number of nitrogens with zero attached hydrogens (tertiary/aromatic N) is 2. The van der Waals surface area contributed by atoms with E-state index in [-0.39, 0.29) is 11.9 Å². The zero-order chi connectivity index (χ0) is 16.5. The molecule has 0 radical (unpaired) electrons. The number of ether oxygens (including phenoxy) is 1. The smallest absolute Gasteiger partial charge is 0.251 e. The molecule has 24 heavy (non-hydrogen) atoms. The number of carbonyl (C=O) groups is 1. The highest BCUT2D eigenvalue weighted by Gasteiger charge is 2.38. The van der Waals surface area contributed by atoms with Gasteiger partial charge in [0.05, 0.1) is 5.02 Å². The van der Waals surface area contributed by atoms with Gasteiger partial charge in [-0.25, -0.2) is 4.98 Å². The van der Waals surface area contributed by atoms with Crippen LogP contribution in [0.1, 0.15) is 16.8 Å². The van der Waals surface area contributed by atoms with Crippen LogP contribution in [0.5, 0.6) is 11.6 Å². The first kappa shape index (κ1) is 15.4. The Bertz CT molecular complexity index is 733. The molecule has 2 bridgehead atoms. The van der Waals surface area contributed by atoms with E-state index >= 15 is 0 Å². The molecule has 5 nitrogen and oxygen atoms in total. The van der Waals surface area contributed by atoms with Gasteiger partial charge in [0.25, 0.3) is 5.91 Å². The number of rotatable bonds is 4. The van der Waals surface area contributed by atoms with Crippen LogP contribution in [0.15, 0.2) is 42.6 Å². The molecular formula is C18H18ClN3O2. The number of piperidine rings is 1. The number of aromatic nitrogens is 1. The summed E-state index contributed by atoms with van der Waals surface area (Å²) in [5.74, 6) is 1.68. The second kappa shape index (κ2) is 6.42. The summed E-state index contributed by atoms with van der Waals surface area (Å²) in [5.41, 5.74) is 0.643. The highest BCUT2D eigenvalue weighted by atomic mass is 35.5. The predicted molar refractivity (Wildman–Crippen MR) is 91.6 cm³/mol. The molecule has 2 unspecified atom stereocenters. The Hall–Kier alpha value is -2.11. The lowest BCUT2D eigenvalue weighted by Gasteiger charge is -2.23. The van der Waals surface area contributed by atoms with E-state index in [0.29, 0.717) is 28.1 Å². The number of nitrogens with one attached hydrogen (secondary N) is 1. The largest absolute Gasteiger partial charge is 0.439 e. The Kier molecular flexibility index (Phi) is 4.12. The van der Waals surface area contributed by atoms with Gasteiger partial charge in [-0.3, -0.25) is 4.79 Å². The van der Waals surface area contributed by atoms with E-state index in [4.69, 9.17) is 16.3 Å². The standard InChI is InChI=1S/C18H18ClN3O2/c19-14-3-6-17(20-9-14)24-15-4-1-12(2-5-15)18(23)21-16-11-22-8-7-13(16)10-22/h1-6,9,13,16H,7-8,10-11H2,(H,21,23)/t13-,16?/m0/s1. The molecular weight excluding hydrogens is 326 g/mol. The Morgan fingerprint density at radius 2 is 2.04 bits per heavy atom. The first-order valence-electron chi connectivity index (χ1n) is 8.10. The van der Waals surface area contributed by atoms with Crippen LogP contribution in [-0.2, 0) is 0 Å². The van der Waals surface area contributed by atoms with Crippen LogP contribution in [0.2, 0.25) is 5.02 Å². The van der Waals surface area contributed by atoms with Crippen LogP contribution in [0, 0.1) is 5.92 Å². The molecule has 1 amide bonds. The van der Waals surface area contributed by atoms with E-state index in [1.165, 1.54) is 19.2 Å².